The van der Waals surface area contributed by atoms with Crippen LogP contribution < -0.4 is 10.1 Å². The standard InChI is InChI=1S/C16H23NO3/c1-10-7-11(2)12(3)14(8-10)20-9-16(4,15(18)19)17-13-5-6-13/h7-8,13,17H,5-6,9H2,1-4H3,(H,18,19). The Morgan fingerprint density at radius 2 is 2.05 bits per heavy atom. The topological polar surface area (TPSA) is 58.6 Å². The molecule has 0 amide bonds. The van der Waals surface area contributed by atoms with Gasteiger partial charge < -0.3 is 9.84 Å². The van der Waals surface area contributed by atoms with Gasteiger partial charge in [0.1, 0.15) is 17.9 Å². The number of hydrogen-bond donors (Lipinski definition) is 2. The van der Waals surface area contributed by atoms with Gasteiger partial charge in [-0.05, 0) is 63.3 Å². The van der Waals surface area contributed by atoms with Gasteiger partial charge >= 0.3 is 5.97 Å². The quantitative estimate of drug-likeness (QED) is 0.839. The van der Waals surface area contributed by atoms with Crippen LogP contribution in [0.2, 0.25) is 0 Å². The number of carboxylic acids is 1. The fourth-order valence-corrected chi connectivity index (χ4v) is 2.22. The zero-order valence-electron chi connectivity index (χ0n) is 12.6. The molecule has 0 heterocycles. The summed E-state index contributed by atoms with van der Waals surface area (Å²) in [6.07, 6.45) is 2.09. The van der Waals surface area contributed by atoms with Crippen molar-refractivity contribution in [3.63, 3.8) is 0 Å². The number of nitrogens with one attached hydrogen (secondary N) is 1. The fraction of sp³-hybridized carbons (Fsp3) is 0.562. The van der Waals surface area contributed by atoms with Crippen molar-refractivity contribution < 1.29 is 14.6 Å². The van der Waals surface area contributed by atoms with E-state index in [-0.39, 0.29) is 6.61 Å². The molecule has 0 saturated heterocycles. The van der Waals surface area contributed by atoms with Crippen LogP contribution in [0.5, 0.6) is 5.75 Å². The van der Waals surface area contributed by atoms with Gasteiger partial charge in [-0.1, -0.05) is 6.07 Å². The number of hydrogen-bond acceptors (Lipinski definition) is 3. The van der Waals surface area contributed by atoms with Gasteiger partial charge in [0.05, 0.1) is 0 Å². The molecule has 1 atom stereocenters. The monoisotopic (exact) mass is 277 g/mol. The lowest BCUT2D eigenvalue weighted by Gasteiger charge is -2.27. The van der Waals surface area contributed by atoms with Gasteiger partial charge in [0.15, 0.2) is 0 Å². The predicted molar refractivity (Wildman–Crippen MR) is 78.3 cm³/mol. The zero-order chi connectivity index (χ0) is 14.9. The molecular formula is C16H23NO3. The third kappa shape index (κ3) is 3.31. The highest BCUT2D eigenvalue weighted by Crippen LogP contribution is 2.26. The summed E-state index contributed by atoms with van der Waals surface area (Å²) in [6, 6.07) is 4.38. The van der Waals surface area contributed by atoms with Crippen molar-refractivity contribution >= 4 is 5.97 Å². The molecule has 4 nitrogen and oxygen atoms in total. The van der Waals surface area contributed by atoms with E-state index in [4.69, 9.17) is 4.74 Å². The molecule has 20 heavy (non-hydrogen) atoms. The van der Waals surface area contributed by atoms with Crippen LogP contribution in [0.3, 0.4) is 0 Å². The van der Waals surface area contributed by atoms with Gasteiger partial charge in [-0.3, -0.25) is 10.1 Å². The molecule has 110 valence electrons. The first-order valence-corrected chi connectivity index (χ1v) is 7.03. The number of rotatable bonds is 6. The highest BCUT2D eigenvalue weighted by atomic mass is 16.5. The third-order valence-corrected chi connectivity index (χ3v) is 3.85. The van der Waals surface area contributed by atoms with E-state index >= 15 is 0 Å². The number of ether oxygens (including phenoxy) is 1. The van der Waals surface area contributed by atoms with Crippen LogP contribution in [-0.4, -0.2) is 29.3 Å². The maximum atomic E-state index is 11.5. The molecule has 1 aromatic rings. The molecule has 1 unspecified atom stereocenters. The van der Waals surface area contributed by atoms with Gasteiger partial charge in [0.25, 0.3) is 0 Å². The molecule has 2 N–H and O–H groups in total. The minimum atomic E-state index is -1.04. The molecule has 0 radical (unpaired) electrons. The molecular weight excluding hydrogens is 254 g/mol. The molecule has 1 aromatic carbocycles. The van der Waals surface area contributed by atoms with Crippen molar-refractivity contribution in [2.75, 3.05) is 6.61 Å². The van der Waals surface area contributed by atoms with Crippen molar-refractivity contribution in [3.8, 4) is 5.75 Å². The van der Waals surface area contributed by atoms with E-state index in [2.05, 4.69) is 11.4 Å². The summed E-state index contributed by atoms with van der Waals surface area (Å²) in [5, 5.41) is 12.6. The molecule has 0 bridgehead atoms. The smallest absolute Gasteiger partial charge is 0.327 e. The summed E-state index contributed by atoms with van der Waals surface area (Å²) in [7, 11) is 0. The second-order valence-electron chi connectivity index (χ2n) is 6.05. The average Bonchev–Trinajstić information content (AvgIpc) is 3.15. The third-order valence-electron chi connectivity index (χ3n) is 3.85. The Hall–Kier alpha value is -1.55. The van der Waals surface area contributed by atoms with E-state index in [1.807, 2.05) is 26.8 Å². The van der Waals surface area contributed by atoms with Crippen LogP contribution in [0.25, 0.3) is 0 Å². The van der Waals surface area contributed by atoms with Crippen molar-refractivity contribution in [1.82, 2.24) is 5.32 Å². The van der Waals surface area contributed by atoms with Crippen LogP contribution in [0, 0.1) is 20.8 Å². The summed E-state index contributed by atoms with van der Waals surface area (Å²) in [4.78, 5) is 11.5. The molecule has 1 fully saturated rings. The Morgan fingerprint density at radius 3 is 2.60 bits per heavy atom. The van der Waals surface area contributed by atoms with Crippen molar-refractivity contribution in [3.05, 3.63) is 28.8 Å². The number of aryl methyl sites for hydroxylation is 2. The van der Waals surface area contributed by atoms with Crippen molar-refractivity contribution in [2.24, 2.45) is 0 Å². The molecule has 1 saturated carbocycles. The molecule has 0 aromatic heterocycles. The maximum absolute atomic E-state index is 11.5. The van der Waals surface area contributed by atoms with E-state index in [0.29, 0.717) is 6.04 Å². The lowest BCUT2D eigenvalue weighted by Crippen LogP contribution is -2.54. The summed E-state index contributed by atoms with van der Waals surface area (Å²) >= 11 is 0. The van der Waals surface area contributed by atoms with E-state index in [0.717, 1.165) is 35.3 Å². The Balaban J connectivity index is 2.11. The second kappa shape index (κ2) is 5.44. The van der Waals surface area contributed by atoms with Crippen LogP contribution in [0.1, 0.15) is 36.5 Å². The average molecular weight is 277 g/mol. The predicted octanol–water partition coefficient (Wildman–Crippen LogP) is 2.59. The van der Waals surface area contributed by atoms with Gasteiger partial charge in [0, 0.05) is 6.04 Å². The van der Waals surface area contributed by atoms with Crippen molar-refractivity contribution in [2.45, 2.75) is 52.1 Å². The summed E-state index contributed by atoms with van der Waals surface area (Å²) < 4.78 is 5.81. The Labute approximate surface area is 120 Å². The summed E-state index contributed by atoms with van der Waals surface area (Å²) in [5.74, 6) is -0.0981. The van der Waals surface area contributed by atoms with Gasteiger partial charge in [-0.25, -0.2) is 0 Å². The first-order valence-electron chi connectivity index (χ1n) is 7.03. The highest BCUT2D eigenvalue weighted by molar-refractivity contribution is 5.78. The SMILES string of the molecule is Cc1cc(C)c(C)c(OCC(C)(NC2CC2)C(=O)O)c1. The van der Waals surface area contributed by atoms with Crippen LogP contribution >= 0.6 is 0 Å². The van der Waals surface area contributed by atoms with Gasteiger partial charge in [-0.15, -0.1) is 0 Å². The molecule has 1 aliphatic rings. The normalized spacial score (nSPS) is 17.6. The Bertz CT molecular complexity index is 523. The first-order chi connectivity index (χ1) is 9.32. The molecule has 1 aliphatic carbocycles. The fourth-order valence-electron chi connectivity index (χ4n) is 2.22. The van der Waals surface area contributed by atoms with Crippen LogP contribution in [0.4, 0.5) is 0 Å². The van der Waals surface area contributed by atoms with Gasteiger partial charge in [-0.2, -0.15) is 0 Å². The van der Waals surface area contributed by atoms with Crippen molar-refractivity contribution in [1.29, 1.82) is 0 Å². The van der Waals surface area contributed by atoms with E-state index < -0.39 is 11.5 Å². The number of carbonyl (C=O) groups is 1. The molecule has 0 aliphatic heterocycles. The van der Waals surface area contributed by atoms with Gasteiger partial charge in [0.2, 0.25) is 0 Å². The van der Waals surface area contributed by atoms with E-state index in [1.165, 1.54) is 0 Å². The first kappa shape index (κ1) is 14.9. The maximum Gasteiger partial charge on any atom is 0.327 e. The second-order valence-corrected chi connectivity index (χ2v) is 6.05. The van der Waals surface area contributed by atoms with Crippen LogP contribution in [0.15, 0.2) is 12.1 Å². The van der Waals surface area contributed by atoms with Crippen LogP contribution in [-0.2, 0) is 4.79 Å². The molecule has 2 rings (SSSR count). The van der Waals surface area contributed by atoms with E-state index in [9.17, 15) is 9.90 Å². The molecule has 0 spiro atoms. The Morgan fingerprint density at radius 1 is 1.40 bits per heavy atom. The lowest BCUT2D eigenvalue weighted by molar-refractivity contribution is -0.145. The minimum Gasteiger partial charge on any atom is -0.491 e. The highest BCUT2D eigenvalue weighted by Gasteiger charge is 2.39. The zero-order valence-corrected chi connectivity index (χ0v) is 12.6. The van der Waals surface area contributed by atoms with E-state index in [1.54, 1.807) is 6.92 Å². The lowest BCUT2D eigenvalue weighted by atomic mass is 10.0. The minimum absolute atomic E-state index is 0.128. The number of aliphatic carboxylic acids is 1. The summed E-state index contributed by atoms with van der Waals surface area (Å²) in [5.41, 5.74) is 2.31. The Kier molecular flexibility index (Phi) is 4.04. The largest absolute Gasteiger partial charge is 0.491 e. The number of benzene rings is 1. The molecule has 4 heteroatoms. The number of carboxylic acid groups (broad SMARTS) is 1. The summed E-state index contributed by atoms with van der Waals surface area (Å²) in [6.45, 7) is 7.86.